The molecule has 0 unspecified atom stereocenters. The predicted octanol–water partition coefficient (Wildman–Crippen LogP) is 2.93. The van der Waals surface area contributed by atoms with Crippen LogP contribution in [-0.2, 0) is 4.79 Å². The van der Waals surface area contributed by atoms with Gasteiger partial charge in [0.05, 0.1) is 17.1 Å². The van der Waals surface area contributed by atoms with E-state index < -0.39 is 33.9 Å². The van der Waals surface area contributed by atoms with Crippen LogP contribution in [0.3, 0.4) is 0 Å². The molecule has 0 amide bonds. The molecule has 20 heavy (non-hydrogen) atoms. The summed E-state index contributed by atoms with van der Waals surface area (Å²) in [5, 5.41) is 21.3. The minimum Gasteiger partial charge on any atom is -0.481 e. The number of carboxylic acids is 1. The number of carboxylic acid groups (broad SMARTS) is 1. The van der Waals surface area contributed by atoms with E-state index in [2.05, 4.69) is 5.32 Å². The van der Waals surface area contributed by atoms with Crippen molar-refractivity contribution in [2.75, 3.05) is 11.9 Å². The average Bonchev–Trinajstić information content (AvgIpc) is 2.35. The van der Waals surface area contributed by atoms with E-state index in [1.54, 1.807) is 0 Å². The van der Waals surface area contributed by atoms with Crippen LogP contribution in [0, 0.1) is 21.7 Å². The van der Waals surface area contributed by atoms with E-state index in [-0.39, 0.29) is 13.0 Å². The minimum atomic E-state index is -1.03. The van der Waals surface area contributed by atoms with Gasteiger partial charge >= 0.3 is 5.97 Å². The maximum absolute atomic E-state index is 13.5. The zero-order valence-corrected chi connectivity index (χ0v) is 10.6. The van der Waals surface area contributed by atoms with Gasteiger partial charge in [-0.2, -0.15) is 0 Å². The maximum Gasteiger partial charge on any atom is 0.303 e. The van der Waals surface area contributed by atoms with Crippen molar-refractivity contribution in [3.8, 4) is 0 Å². The van der Waals surface area contributed by atoms with Crippen molar-refractivity contribution in [3.63, 3.8) is 0 Å². The molecular formula is C12H14F2N2O4. The average molecular weight is 288 g/mol. The first-order valence-corrected chi connectivity index (χ1v) is 6.01. The molecule has 0 saturated heterocycles. The molecule has 0 aliphatic carbocycles. The first-order chi connectivity index (χ1) is 9.41. The van der Waals surface area contributed by atoms with Crippen molar-refractivity contribution in [2.45, 2.75) is 25.7 Å². The summed E-state index contributed by atoms with van der Waals surface area (Å²) in [5.74, 6) is -2.94. The van der Waals surface area contributed by atoms with Crippen LogP contribution in [-0.4, -0.2) is 22.5 Å². The third kappa shape index (κ3) is 4.79. The largest absolute Gasteiger partial charge is 0.481 e. The fraction of sp³-hybridized carbons (Fsp3) is 0.417. The van der Waals surface area contributed by atoms with Gasteiger partial charge in [-0.3, -0.25) is 14.9 Å². The van der Waals surface area contributed by atoms with Gasteiger partial charge in [-0.15, -0.1) is 0 Å². The number of rotatable bonds is 8. The van der Waals surface area contributed by atoms with Gasteiger partial charge in [0.2, 0.25) is 0 Å². The molecule has 0 aliphatic rings. The smallest absolute Gasteiger partial charge is 0.303 e. The van der Waals surface area contributed by atoms with Gasteiger partial charge in [-0.1, -0.05) is 6.42 Å². The Hall–Kier alpha value is -2.25. The summed E-state index contributed by atoms with van der Waals surface area (Å²) in [6.45, 7) is 0.255. The molecule has 0 fully saturated rings. The minimum absolute atomic E-state index is 0.0558. The molecule has 0 aliphatic heterocycles. The second kappa shape index (κ2) is 7.37. The maximum atomic E-state index is 13.5. The Balaban J connectivity index is 2.48. The number of unbranched alkanes of at least 4 members (excludes halogenated alkanes) is 2. The van der Waals surface area contributed by atoms with Gasteiger partial charge in [0.25, 0.3) is 5.69 Å². The first-order valence-electron chi connectivity index (χ1n) is 6.01. The molecule has 2 N–H and O–H groups in total. The van der Waals surface area contributed by atoms with Crippen molar-refractivity contribution >= 4 is 17.3 Å². The Morgan fingerprint density at radius 3 is 2.35 bits per heavy atom. The second-order valence-electron chi connectivity index (χ2n) is 4.17. The number of nitrogens with one attached hydrogen (secondary N) is 1. The molecule has 0 heterocycles. The van der Waals surface area contributed by atoms with Gasteiger partial charge in [-0.05, 0) is 12.8 Å². The highest BCUT2D eigenvalue weighted by atomic mass is 19.1. The number of nitro benzene ring substituents is 1. The highest BCUT2D eigenvalue weighted by molar-refractivity contribution is 5.66. The van der Waals surface area contributed by atoms with Crippen molar-refractivity contribution < 1.29 is 23.6 Å². The van der Waals surface area contributed by atoms with Gasteiger partial charge in [0.15, 0.2) is 11.6 Å². The topological polar surface area (TPSA) is 92.5 Å². The Kier molecular flexibility index (Phi) is 5.82. The van der Waals surface area contributed by atoms with Crippen LogP contribution in [0.1, 0.15) is 25.7 Å². The van der Waals surface area contributed by atoms with E-state index in [0.29, 0.717) is 31.4 Å². The number of nitro groups is 1. The Labute approximate surface area is 113 Å². The number of hydrogen-bond donors (Lipinski definition) is 2. The summed E-state index contributed by atoms with van der Waals surface area (Å²) in [5.41, 5.74) is -1.05. The zero-order valence-electron chi connectivity index (χ0n) is 10.6. The van der Waals surface area contributed by atoms with Crippen LogP contribution < -0.4 is 5.32 Å². The molecule has 0 saturated carbocycles. The lowest BCUT2D eigenvalue weighted by molar-refractivity contribution is -0.385. The van der Waals surface area contributed by atoms with E-state index in [9.17, 15) is 23.7 Å². The van der Waals surface area contributed by atoms with Crippen LogP contribution in [0.4, 0.5) is 20.2 Å². The number of benzene rings is 1. The molecule has 0 aromatic heterocycles. The van der Waals surface area contributed by atoms with Crippen molar-refractivity contribution in [3.05, 3.63) is 33.9 Å². The predicted molar refractivity (Wildman–Crippen MR) is 67.6 cm³/mol. The van der Waals surface area contributed by atoms with Crippen LogP contribution >= 0.6 is 0 Å². The Morgan fingerprint density at radius 2 is 1.85 bits per heavy atom. The number of halogens is 2. The van der Waals surface area contributed by atoms with E-state index in [4.69, 9.17) is 5.11 Å². The Morgan fingerprint density at radius 1 is 1.25 bits per heavy atom. The summed E-state index contributed by atoms with van der Waals surface area (Å²) in [6, 6.07) is 1.30. The van der Waals surface area contributed by atoms with E-state index in [1.165, 1.54) is 0 Å². The van der Waals surface area contributed by atoms with Crippen molar-refractivity contribution in [1.29, 1.82) is 0 Å². The molecular weight excluding hydrogens is 274 g/mol. The molecule has 0 spiro atoms. The number of non-ortho nitro benzene ring substituents is 1. The van der Waals surface area contributed by atoms with Gasteiger partial charge in [0, 0.05) is 13.0 Å². The summed E-state index contributed by atoms with van der Waals surface area (Å²) < 4.78 is 26.9. The SMILES string of the molecule is O=C(O)CCCCCNc1c(F)cc([N+](=O)[O-])cc1F. The fourth-order valence-corrected chi connectivity index (χ4v) is 1.63. The molecule has 1 rings (SSSR count). The molecule has 0 bridgehead atoms. The standard InChI is InChI=1S/C12H14F2N2O4/c13-9-6-8(16(19)20)7-10(14)12(9)15-5-3-1-2-4-11(17)18/h6-7,15H,1-5H2,(H,17,18). The zero-order chi connectivity index (χ0) is 15.1. The highest BCUT2D eigenvalue weighted by Gasteiger charge is 2.16. The lowest BCUT2D eigenvalue weighted by atomic mass is 10.2. The number of aliphatic carboxylic acids is 1. The van der Waals surface area contributed by atoms with E-state index >= 15 is 0 Å². The normalized spacial score (nSPS) is 10.3. The quantitative estimate of drug-likeness (QED) is 0.436. The fourth-order valence-electron chi connectivity index (χ4n) is 1.63. The summed E-state index contributed by atoms with van der Waals surface area (Å²) >= 11 is 0. The molecule has 0 radical (unpaired) electrons. The summed E-state index contributed by atoms with van der Waals surface area (Å²) in [4.78, 5) is 19.8. The van der Waals surface area contributed by atoms with E-state index in [0.717, 1.165) is 0 Å². The monoisotopic (exact) mass is 288 g/mol. The lowest BCUT2D eigenvalue weighted by Gasteiger charge is -2.08. The molecule has 0 atom stereocenters. The molecule has 8 heteroatoms. The summed E-state index contributed by atoms with van der Waals surface area (Å²) in [7, 11) is 0. The third-order valence-electron chi connectivity index (χ3n) is 2.61. The van der Waals surface area contributed by atoms with Gasteiger partial charge in [-0.25, -0.2) is 8.78 Å². The Bertz CT molecular complexity index is 485. The second-order valence-corrected chi connectivity index (χ2v) is 4.17. The van der Waals surface area contributed by atoms with Gasteiger partial charge in [0.1, 0.15) is 5.69 Å². The first kappa shape index (κ1) is 15.8. The number of anilines is 1. The van der Waals surface area contributed by atoms with Crippen LogP contribution in [0.5, 0.6) is 0 Å². The summed E-state index contributed by atoms with van der Waals surface area (Å²) in [6.07, 6.45) is 1.70. The van der Waals surface area contributed by atoms with Crippen molar-refractivity contribution in [2.24, 2.45) is 0 Å². The number of hydrogen-bond acceptors (Lipinski definition) is 4. The molecule has 110 valence electrons. The highest BCUT2D eigenvalue weighted by Crippen LogP contribution is 2.24. The molecule has 1 aromatic rings. The van der Waals surface area contributed by atoms with Crippen molar-refractivity contribution in [1.82, 2.24) is 0 Å². The molecule has 6 nitrogen and oxygen atoms in total. The number of nitrogens with zero attached hydrogens (tertiary/aromatic N) is 1. The van der Waals surface area contributed by atoms with Crippen LogP contribution in [0.2, 0.25) is 0 Å². The third-order valence-corrected chi connectivity index (χ3v) is 2.61. The number of carbonyl (C=O) groups is 1. The van der Waals surface area contributed by atoms with Crippen LogP contribution in [0.15, 0.2) is 12.1 Å². The van der Waals surface area contributed by atoms with E-state index in [1.807, 2.05) is 0 Å². The van der Waals surface area contributed by atoms with Gasteiger partial charge < -0.3 is 10.4 Å². The molecule has 1 aromatic carbocycles. The lowest BCUT2D eigenvalue weighted by Crippen LogP contribution is -2.06. The van der Waals surface area contributed by atoms with Crippen LogP contribution in [0.25, 0.3) is 0 Å².